The predicted molar refractivity (Wildman–Crippen MR) is 122 cm³/mol. The molecule has 0 unspecified atom stereocenters. The molecule has 1 aliphatic heterocycles. The van der Waals surface area contributed by atoms with E-state index < -0.39 is 0 Å². The molecule has 0 radical (unpaired) electrons. The van der Waals surface area contributed by atoms with Crippen molar-refractivity contribution in [3.05, 3.63) is 90.4 Å². The molecule has 0 aliphatic carbocycles. The summed E-state index contributed by atoms with van der Waals surface area (Å²) in [7, 11) is 0. The first-order chi connectivity index (χ1) is 15.7. The molecule has 1 fully saturated rings. The lowest BCUT2D eigenvalue weighted by Gasteiger charge is -2.31. The zero-order valence-corrected chi connectivity index (χ0v) is 17.8. The molecule has 1 saturated heterocycles. The van der Waals surface area contributed by atoms with Crippen molar-refractivity contribution in [3.8, 4) is 11.5 Å². The van der Waals surface area contributed by atoms with E-state index in [2.05, 4.69) is 5.32 Å². The van der Waals surface area contributed by atoms with E-state index in [1.54, 1.807) is 48.7 Å². The summed E-state index contributed by atoms with van der Waals surface area (Å²) < 4.78 is 11.0. The minimum Gasteiger partial charge on any atom is -0.465 e. The Morgan fingerprint density at radius 1 is 0.969 bits per heavy atom. The van der Waals surface area contributed by atoms with Crippen LogP contribution in [0.3, 0.4) is 0 Å². The molecule has 32 heavy (non-hydrogen) atoms. The van der Waals surface area contributed by atoms with E-state index in [4.69, 9.17) is 9.15 Å². The Bertz CT molecular complexity index is 1040. The van der Waals surface area contributed by atoms with Gasteiger partial charge < -0.3 is 19.4 Å². The molecule has 164 valence electrons. The van der Waals surface area contributed by atoms with E-state index in [0.717, 1.165) is 18.6 Å². The molecule has 1 aromatic heterocycles. The van der Waals surface area contributed by atoms with Gasteiger partial charge in [0.05, 0.1) is 6.26 Å². The molecule has 0 bridgehead atoms. The number of benzene rings is 2. The fraction of sp³-hybridized carbons (Fsp3) is 0.231. The van der Waals surface area contributed by atoms with Gasteiger partial charge in [-0.3, -0.25) is 9.59 Å². The van der Waals surface area contributed by atoms with Gasteiger partial charge in [0, 0.05) is 31.3 Å². The van der Waals surface area contributed by atoms with Crippen LogP contribution in [0.25, 0.3) is 6.08 Å². The van der Waals surface area contributed by atoms with Crippen LogP contribution in [0.4, 0.5) is 0 Å². The second-order valence-electron chi connectivity index (χ2n) is 7.77. The molecule has 6 heteroatoms. The molecule has 1 N–H and O–H groups in total. The maximum absolute atomic E-state index is 12.5. The van der Waals surface area contributed by atoms with Gasteiger partial charge in [-0.05, 0) is 73.4 Å². The van der Waals surface area contributed by atoms with Gasteiger partial charge in [0.1, 0.15) is 17.3 Å². The lowest BCUT2D eigenvalue weighted by molar-refractivity contribution is -0.127. The lowest BCUT2D eigenvalue weighted by Crippen LogP contribution is -2.40. The monoisotopic (exact) mass is 430 g/mol. The molecule has 6 nitrogen and oxygen atoms in total. The molecular weight excluding hydrogens is 404 g/mol. The Morgan fingerprint density at radius 2 is 1.69 bits per heavy atom. The van der Waals surface area contributed by atoms with Crippen molar-refractivity contribution < 1.29 is 18.7 Å². The highest BCUT2D eigenvalue weighted by Crippen LogP contribution is 2.21. The summed E-state index contributed by atoms with van der Waals surface area (Å²) >= 11 is 0. The topological polar surface area (TPSA) is 71.8 Å². The van der Waals surface area contributed by atoms with Crippen LogP contribution >= 0.6 is 0 Å². The number of carbonyl (C=O) groups excluding carboxylic acids is 2. The normalized spacial score (nSPS) is 14.4. The summed E-state index contributed by atoms with van der Waals surface area (Å²) in [5, 5.41) is 3.02. The highest BCUT2D eigenvalue weighted by atomic mass is 16.5. The fourth-order valence-electron chi connectivity index (χ4n) is 3.64. The third kappa shape index (κ3) is 5.88. The number of nitrogens with zero attached hydrogens (tertiary/aromatic N) is 1. The number of hydrogen-bond acceptors (Lipinski definition) is 4. The van der Waals surface area contributed by atoms with Crippen LogP contribution < -0.4 is 10.1 Å². The Morgan fingerprint density at radius 3 is 2.38 bits per heavy atom. The Hall–Kier alpha value is -3.80. The van der Waals surface area contributed by atoms with E-state index in [1.807, 2.05) is 41.3 Å². The average Bonchev–Trinajstić information content (AvgIpc) is 3.36. The minimum atomic E-state index is -0.101. The van der Waals surface area contributed by atoms with Crippen LogP contribution in [0.15, 0.2) is 83.5 Å². The lowest BCUT2D eigenvalue weighted by atomic mass is 9.96. The summed E-state index contributed by atoms with van der Waals surface area (Å²) in [6.45, 7) is 1.98. The molecule has 0 saturated carbocycles. The van der Waals surface area contributed by atoms with Gasteiger partial charge in [-0.15, -0.1) is 0 Å². The standard InChI is InChI=1S/C26H26N2O4/c29-25(13-12-22-7-4-18-31-22)28-16-14-20(15-17-28)19-27-26(30)21-8-10-24(11-9-21)32-23-5-2-1-3-6-23/h1-13,18,20H,14-17,19H2,(H,27,30)/b13-12+. The average molecular weight is 431 g/mol. The first kappa shape index (κ1) is 21.4. The number of rotatable bonds is 7. The van der Waals surface area contributed by atoms with Crippen LogP contribution in [-0.4, -0.2) is 36.3 Å². The molecule has 3 aromatic rings. The van der Waals surface area contributed by atoms with E-state index in [9.17, 15) is 9.59 Å². The zero-order valence-electron chi connectivity index (χ0n) is 17.8. The number of nitrogens with one attached hydrogen (secondary N) is 1. The molecule has 4 rings (SSSR count). The van der Waals surface area contributed by atoms with E-state index in [-0.39, 0.29) is 11.8 Å². The number of hydrogen-bond donors (Lipinski definition) is 1. The molecule has 0 atom stereocenters. The Balaban J connectivity index is 1.20. The minimum absolute atomic E-state index is 0.0123. The smallest absolute Gasteiger partial charge is 0.251 e. The van der Waals surface area contributed by atoms with Crippen molar-refractivity contribution >= 4 is 17.9 Å². The van der Waals surface area contributed by atoms with Crippen LogP contribution in [0.2, 0.25) is 0 Å². The third-order valence-electron chi connectivity index (χ3n) is 5.51. The van der Waals surface area contributed by atoms with Gasteiger partial charge in [0.2, 0.25) is 5.91 Å². The number of piperidine rings is 1. The molecule has 1 aliphatic rings. The summed E-state index contributed by atoms with van der Waals surface area (Å²) in [6.07, 6.45) is 6.54. The van der Waals surface area contributed by atoms with E-state index in [1.165, 1.54) is 0 Å². The second-order valence-corrected chi connectivity index (χ2v) is 7.77. The summed E-state index contributed by atoms with van der Waals surface area (Å²) in [5.74, 6) is 2.35. The van der Waals surface area contributed by atoms with Crippen molar-refractivity contribution in [2.75, 3.05) is 19.6 Å². The van der Waals surface area contributed by atoms with Crippen molar-refractivity contribution in [3.63, 3.8) is 0 Å². The maximum atomic E-state index is 12.5. The van der Waals surface area contributed by atoms with Gasteiger partial charge in [0.15, 0.2) is 0 Å². The fourth-order valence-corrected chi connectivity index (χ4v) is 3.64. The molecule has 2 heterocycles. The largest absolute Gasteiger partial charge is 0.465 e. The Labute approximate surface area is 187 Å². The highest BCUT2D eigenvalue weighted by molar-refractivity contribution is 5.94. The summed E-state index contributed by atoms with van der Waals surface area (Å²) in [6, 6.07) is 20.2. The number of carbonyl (C=O) groups is 2. The van der Waals surface area contributed by atoms with Crippen molar-refractivity contribution in [1.29, 1.82) is 0 Å². The quantitative estimate of drug-likeness (QED) is 0.549. The molecule has 0 spiro atoms. The van der Waals surface area contributed by atoms with Crippen molar-refractivity contribution in [2.45, 2.75) is 12.8 Å². The van der Waals surface area contributed by atoms with Crippen molar-refractivity contribution in [2.24, 2.45) is 5.92 Å². The van der Waals surface area contributed by atoms with Gasteiger partial charge >= 0.3 is 0 Å². The highest BCUT2D eigenvalue weighted by Gasteiger charge is 2.22. The number of para-hydroxylation sites is 1. The van der Waals surface area contributed by atoms with Crippen LogP contribution in [0.5, 0.6) is 11.5 Å². The van der Waals surface area contributed by atoms with Gasteiger partial charge in [-0.2, -0.15) is 0 Å². The number of furan rings is 1. The first-order valence-electron chi connectivity index (χ1n) is 10.8. The second kappa shape index (κ2) is 10.5. The van der Waals surface area contributed by atoms with Crippen LogP contribution in [-0.2, 0) is 4.79 Å². The van der Waals surface area contributed by atoms with Gasteiger partial charge in [0.25, 0.3) is 5.91 Å². The predicted octanol–water partition coefficient (Wildman–Crippen LogP) is 4.75. The molecule has 2 amide bonds. The van der Waals surface area contributed by atoms with Crippen molar-refractivity contribution in [1.82, 2.24) is 10.2 Å². The Kier molecular flexibility index (Phi) is 7.02. The SMILES string of the molecule is O=C(NCC1CCN(C(=O)/C=C/c2ccco2)CC1)c1ccc(Oc2ccccc2)cc1. The van der Waals surface area contributed by atoms with Crippen LogP contribution in [0, 0.1) is 5.92 Å². The number of ether oxygens (including phenoxy) is 1. The van der Waals surface area contributed by atoms with Crippen LogP contribution in [0.1, 0.15) is 29.0 Å². The molecular formula is C26H26N2O4. The number of likely N-dealkylation sites (tertiary alicyclic amines) is 1. The van der Waals surface area contributed by atoms with E-state index in [0.29, 0.717) is 42.6 Å². The maximum Gasteiger partial charge on any atom is 0.251 e. The summed E-state index contributed by atoms with van der Waals surface area (Å²) in [4.78, 5) is 26.6. The zero-order chi connectivity index (χ0) is 22.2. The first-order valence-corrected chi connectivity index (χ1v) is 10.8. The van der Waals surface area contributed by atoms with Gasteiger partial charge in [-0.1, -0.05) is 18.2 Å². The molecule has 2 aromatic carbocycles. The number of amides is 2. The third-order valence-corrected chi connectivity index (χ3v) is 5.51. The van der Waals surface area contributed by atoms with Gasteiger partial charge in [-0.25, -0.2) is 0 Å². The van der Waals surface area contributed by atoms with E-state index >= 15 is 0 Å². The summed E-state index contributed by atoms with van der Waals surface area (Å²) in [5.41, 5.74) is 0.598.